The number of hydrogen-bond donors (Lipinski definition) is 0. The average Bonchev–Trinajstić information content (AvgIpc) is 1.25. The minimum absolute atomic E-state index is 0. The molecule has 11 heavy (non-hydrogen) atoms. The van der Waals surface area contributed by atoms with Gasteiger partial charge in [-0.25, -0.2) is 0 Å². The van der Waals surface area contributed by atoms with Crippen molar-refractivity contribution in [2.45, 2.75) is 63.8 Å². The molecule has 0 aliphatic carbocycles. The minimum Gasteiger partial charge on any atom is -0.0776 e. The van der Waals surface area contributed by atoms with Gasteiger partial charge in [0.2, 0.25) is 0 Å². The molecule has 0 saturated heterocycles. The highest BCUT2D eigenvalue weighted by molar-refractivity contribution is 4.21. The fourth-order valence-electron chi connectivity index (χ4n) is 0. The lowest BCUT2D eigenvalue weighted by molar-refractivity contribution is 0.736. The molecule has 0 N–H and O–H groups in total. The fourth-order valence-corrected chi connectivity index (χ4v) is 0. The van der Waals surface area contributed by atoms with E-state index >= 15 is 0 Å². The van der Waals surface area contributed by atoms with Gasteiger partial charge in [-0.15, -0.1) is 0 Å². The van der Waals surface area contributed by atoms with Crippen LogP contribution in [0.1, 0.15) is 63.8 Å². The Labute approximate surface area is 76.4 Å². The predicted octanol–water partition coefficient (Wildman–Crippen LogP) is 5.23. The third-order valence-corrected chi connectivity index (χ3v) is 0. The van der Waals surface area contributed by atoms with E-state index in [1.54, 1.807) is 0 Å². The first-order valence-corrected chi connectivity index (χ1v) is 3.46. The molecule has 0 radical (unpaired) electrons. The largest absolute Gasteiger partial charge is 0.0776 e. The Kier molecular flexibility index (Phi) is 62.5. The van der Waals surface area contributed by atoms with Crippen LogP contribution in [0.3, 0.4) is 0 Å². The average molecular weight is 164 g/mol. The molecule has 0 aromatic carbocycles. The predicted molar refractivity (Wildman–Crippen MR) is 61.2 cm³/mol. The first-order valence-electron chi connectivity index (χ1n) is 3.46. The molecule has 0 rings (SSSR count). The molecule has 0 aromatic heterocycles. The summed E-state index contributed by atoms with van der Waals surface area (Å²) in [6.07, 6.45) is 0. The molecule has 0 aliphatic rings. The van der Waals surface area contributed by atoms with Gasteiger partial charge in [-0.05, 0) is 11.8 Å². The SMILES string of the molecule is C.C.C.CC(C)C.CC(C)C. The van der Waals surface area contributed by atoms with Crippen LogP contribution < -0.4 is 0 Å². The van der Waals surface area contributed by atoms with Crippen molar-refractivity contribution >= 4 is 0 Å². The Bertz CT molecular complexity index is 15.5. The molecule has 0 aromatic rings. The van der Waals surface area contributed by atoms with Gasteiger partial charge < -0.3 is 0 Å². The van der Waals surface area contributed by atoms with E-state index < -0.39 is 0 Å². The van der Waals surface area contributed by atoms with Crippen molar-refractivity contribution in [3.05, 3.63) is 0 Å². The van der Waals surface area contributed by atoms with Gasteiger partial charge in [-0.2, -0.15) is 0 Å². The van der Waals surface area contributed by atoms with Gasteiger partial charge >= 0.3 is 0 Å². The van der Waals surface area contributed by atoms with Crippen LogP contribution >= 0.6 is 0 Å². The first-order chi connectivity index (χ1) is 3.46. The van der Waals surface area contributed by atoms with Gasteiger partial charge in [-0.1, -0.05) is 63.8 Å². The second-order valence-electron chi connectivity index (χ2n) is 3.46. The summed E-state index contributed by atoms with van der Waals surface area (Å²) in [5, 5.41) is 0. The van der Waals surface area contributed by atoms with Crippen molar-refractivity contribution in [3.8, 4) is 0 Å². The Hall–Kier alpha value is 0. The summed E-state index contributed by atoms with van der Waals surface area (Å²) in [7, 11) is 0. The van der Waals surface area contributed by atoms with Gasteiger partial charge in [0.15, 0.2) is 0 Å². The van der Waals surface area contributed by atoms with E-state index in [0.717, 1.165) is 11.8 Å². The van der Waals surface area contributed by atoms with Gasteiger partial charge in [-0.3, -0.25) is 0 Å². The quantitative estimate of drug-likeness (QED) is 0.460. The van der Waals surface area contributed by atoms with Crippen LogP contribution in [0, 0.1) is 11.8 Å². The van der Waals surface area contributed by atoms with Crippen molar-refractivity contribution < 1.29 is 0 Å². The van der Waals surface area contributed by atoms with Crippen molar-refractivity contribution in [3.63, 3.8) is 0 Å². The molecule has 0 amide bonds. The van der Waals surface area contributed by atoms with Crippen LogP contribution in [0.4, 0.5) is 0 Å². The molecule has 0 nitrogen and oxygen atoms in total. The summed E-state index contributed by atoms with van der Waals surface area (Å²) in [6, 6.07) is 0. The lowest BCUT2D eigenvalue weighted by Crippen LogP contribution is -1.66. The highest BCUT2D eigenvalue weighted by Crippen LogP contribution is 1.81. The second kappa shape index (κ2) is 22.5. The molecule has 0 fully saturated rings. The van der Waals surface area contributed by atoms with E-state index in [0.29, 0.717) is 0 Å². The van der Waals surface area contributed by atoms with Crippen molar-refractivity contribution in [1.29, 1.82) is 0 Å². The summed E-state index contributed by atoms with van der Waals surface area (Å²) >= 11 is 0. The van der Waals surface area contributed by atoms with E-state index in [-0.39, 0.29) is 22.3 Å². The van der Waals surface area contributed by atoms with Crippen LogP contribution in [-0.2, 0) is 0 Å². The van der Waals surface area contributed by atoms with Crippen LogP contribution in [-0.4, -0.2) is 0 Å². The zero-order chi connectivity index (χ0) is 7.15. The highest BCUT2D eigenvalue weighted by atomic mass is 13.7. The minimum atomic E-state index is 0. The molecule has 0 saturated carbocycles. The van der Waals surface area contributed by atoms with Crippen LogP contribution in [0.25, 0.3) is 0 Å². The zero-order valence-electron chi connectivity index (χ0n) is 7.15. The third-order valence-electron chi connectivity index (χ3n) is 0. The zero-order valence-corrected chi connectivity index (χ0v) is 7.15. The second-order valence-corrected chi connectivity index (χ2v) is 3.46. The van der Waals surface area contributed by atoms with Gasteiger partial charge in [0, 0.05) is 0 Å². The molecule has 0 heterocycles. The number of rotatable bonds is 0. The van der Waals surface area contributed by atoms with E-state index in [1.807, 2.05) is 0 Å². The van der Waals surface area contributed by atoms with Crippen LogP contribution in [0.15, 0.2) is 0 Å². The third kappa shape index (κ3) is 0. The molecule has 0 bridgehead atoms. The maximum atomic E-state index is 2.17. The van der Waals surface area contributed by atoms with Crippen molar-refractivity contribution in [2.75, 3.05) is 0 Å². The summed E-state index contributed by atoms with van der Waals surface area (Å²) in [5.74, 6) is 1.67. The van der Waals surface area contributed by atoms with Crippen molar-refractivity contribution in [2.24, 2.45) is 11.8 Å². The molecule has 0 unspecified atom stereocenters. The topological polar surface area (TPSA) is 0 Å². The number of hydrogen-bond acceptors (Lipinski definition) is 0. The molecule has 0 aliphatic heterocycles. The van der Waals surface area contributed by atoms with Gasteiger partial charge in [0.1, 0.15) is 0 Å². The van der Waals surface area contributed by atoms with Crippen molar-refractivity contribution in [1.82, 2.24) is 0 Å². The Morgan fingerprint density at radius 3 is 0.455 bits per heavy atom. The van der Waals surface area contributed by atoms with E-state index in [9.17, 15) is 0 Å². The summed E-state index contributed by atoms with van der Waals surface area (Å²) < 4.78 is 0. The summed E-state index contributed by atoms with van der Waals surface area (Å²) in [4.78, 5) is 0. The highest BCUT2D eigenvalue weighted by Gasteiger charge is 1.68. The maximum absolute atomic E-state index is 2.17. The Morgan fingerprint density at radius 1 is 0.455 bits per heavy atom. The first kappa shape index (κ1) is 30.6. The Morgan fingerprint density at radius 2 is 0.455 bits per heavy atom. The molecular formula is C11H32. The Balaban J connectivity index is -0.0000000171. The van der Waals surface area contributed by atoms with E-state index in [1.165, 1.54) is 0 Å². The standard InChI is InChI=1S/2C4H10.3CH4/c2*1-4(2)3;;;/h2*4H,1-3H3;3*1H4. The normalized spacial score (nSPS) is 6.55. The molecule has 0 atom stereocenters. The van der Waals surface area contributed by atoms with Crippen LogP contribution in [0.5, 0.6) is 0 Å². The summed E-state index contributed by atoms with van der Waals surface area (Å²) in [5.41, 5.74) is 0. The smallest absolute Gasteiger partial charge is 0.0500 e. The van der Waals surface area contributed by atoms with E-state index in [2.05, 4.69) is 41.5 Å². The fraction of sp³-hybridized carbons (Fsp3) is 1.00. The maximum Gasteiger partial charge on any atom is -0.0500 e. The molecule has 0 heteroatoms. The summed E-state index contributed by atoms with van der Waals surface area (Å²) in [6.45, 7) is 13.0. The molecule has 0 spiro atoms. The monoisotopic (exact) mass is 164 g/mol. The van der Waals surface area contributed by atoms with Gasteiger partial charge in [0.05, 0.1) is 0 Å². The van der Waals surface area contributed by atoms with Gasteiger partial charge in [0.25, 0.3) is 0 Å². The van der Waals surface area contributed by atoms with Crippen LogP contribution in [0.2, 0.25) is 0 Å². The molecular weight excluding hydrogens is 132 g/mol. The molecule has 76 valence electrons. The lowest BCUT2D eigenvalue weighted by Gasteiger charge is -1.79. The lowest BCUT2D eigenvalue weighted by atomic mass is 10.3. The van der Waals surface area contributed by atoms with E-state index in [4.69, 9.17) is 0 Å².